The number of nitrogens with two attached hydrogens (primary N) is 1. The maximum Gasteiger partial charge on any atom is 0.335 e. The van der Waals surface area contributed by atoms with E-state index in [1.807, 2.05) is 6.07 Å². The van der Waals surface area contributed by atoms with Crippen LogP contribution in [0.4, 0.5) is 5.69 Å². The van der Waals surface area contributed by atoms with Gasteiger partial charge in [-0.05, 0) is 110 Å². The molecule has 2 aromatic rings. The predicted octanol–water partition coefficient (Wildman–Crippen LogP) is 5.18. The van der Waals surface area contributed by atoms with Gasteiger partial charge in [-0.2, -0.15) is 0 Å². The van der Waals surface area contributed by atoms with E-state index in [2.05, 4.69) is 23.1 Å². The van der Waals surface area contributed by atoms with Crippen LogP contribution in [-0.4, -0.2) is 58.2 Å². The molecule has 0 saturated heterocycles. The lowest BCUT2D eigenvalue weighted by Gasteiger charge is -2.47. The fourth-order valence-electron chi connectivity index (χ4n) is 7.64. The predicted molar refractivity (Wildman–Crippen MR) is 163 cm³/mol. The minimum absolute atomic E-state index is 0.00297. The average molecular weight is 615 g/mol. The molecule has 3 aliphatic carbocycles. The Morgan fingerprint density at radius 3 is 2.76 bits per heavy atom. The van der Waals surface area contributed by atoms with Gasteiger partial charge in [0.1, 0.15) is 5.75 Å². The summed E-state index contributed by atoms with van der Waals surface area (Å²) < 4.78 is 35.3. The van der Waals surface area contributed by atoms with Crippen molar-refractivity contribution in [3.05, 3.63) is 69.8 Å². The third-order valence-electron chi connectivity index (χ3n) is 9.94. The molecule has 3 N–H and O–H groups in total. The second-order valence-corrected chi connectivity index (χ2v) is 14.8. The number of primary sulfonamides is 1. The Balaban J connectivity index is 1.27. The fraction of sp³-hybridized carbons (Fsp3) is 0.531. The van der Waals surface area contributed by atoms with Crippen molar-refractivity contribution in [3.63, 3.8) is 0 Å². The Morgan fingerprint density at radius 2 is 2.07 bits per heavy atom. The lowest BCUT2D eigenvalue weighted by molar-refractivity contribution is 0.000513. The van der Waals surface area contributed by atoms with E-state index in [0.29, 0.717) is 24.9 Å². The van der Waals surface area contributed by atoms with Crippen LogP contribution in [0, 0.1) is 17.8 Å². The standard InChI is InChI=1S/C32H39ClN2O6S/c1-40-30(24-13-20(14-24)10-12-42(34,38)39)26-7-4-23(26)17-35-18-32(11-2-3-21-15-25(33)6-8-27(21)32)19-41-29-9-5-22(31(36)37)16-28(29)35/h5-6,8-9,13,15-16,20,23,26,30H,2-4,7,10-12,14,17-19H2,1H3,(H,36,37)(H2,34,38,39)/t20?,23-,26+,30-,32-/m0/s1. The number of carboxylic acid groups (broad SMARTS) is 1. The number of anilines is 1. The quantitative estimate of drug-likeness (QED) is 0.374. The number of halogens is 1. The number of benzene rings is 2. The molecule has 1 saturated carbocycles. The lowest BCUT2D eigenvalue weighted by Crippen LogP contribution is -2.50. The second kappa shape index (κ2) is 11.5. The summed E-state index contributed by atoms with van der Waals surface area (Å²) in [6.45, 7) is 2.03. The summed E-state index contributed by atoms with van der Waals surface area (Å²) in [4.78, 5) is 14.3. The first-order valence-electron chi connectivity index (χ1n) is 14.8. The molecule has 10 heteroatoms. The SMILES string of the molecule is CO[C@@H](C1=CC(CCS(N)(=O)=O)C1)[C@@H]1CC[C@H]1CN1C[C@@]2(CCCc3cc(Cl)ccc32)COc2ccc(C(=O)O)cc21. The zero-order valence-electron chi connectivity index (χ0n) is 23.9. The van der Waals surface area contributed by atoms with Gasteiger partial charge in [-0.1, -0.05) is 23.7 Å². The Labute approximate surface area is 252 Å². The van der Waals surface area contributed by atoms with Gasteiger partial charge in [0, 0.05) is 30.6 Å². The van der Waals surface area contributed by atoms with E-state index in [1.165, 1.54) is 16.7 Å². The zero-order chi connectivity index (χ0) is 29.6. The van der Waals surface area contributed by atoms with Crippen LogP contribution in [-0.2, 0) is 26.6 Å². The second-order valence-electron chi connectivity index (χ2n) is 12.6. The molecule has 4 aliphatic rings. The molecule has 6 rings (SSSR count). The van der Waals surface area contributed by atoms with Gasteiger partial charge in [-0.15, -0.1) is 0 Å². The molecule has 8 nitrogen and oxygen atoms in total. The van der Waals surface area contributed by atoms with Crippen molar-refractivity contribution in [2.45, 2.75) is 56.5 Å². The van der Waals surface area contributed by atoms with Crippen LogP contribution in [0.3, 0.4) is 0 Å². The molecule has 2 aromatic carbocycles. The number of nitrogens with zero attached hydrogens (tertiary/aromatic N) is 1. The Kier molecular flexibility index (Phi) is 8.06. The summed E-state index contributed by atoms with van der Waals surface area (Å²) in [5, 5.41) is 15.7. The third-order valence-corrected chi connectivity index (χ3v) is 11.0. The van der Waals surface area contributed by atoms with Gasteiger partial charge in [0.15, 0.2) is 0 Å². The molecule has 0 amide bonds. The minimum Gasteiger partial charge on any atom is -0.490 e. The third kappa shape index (κ3) is 5.81. The normalized spacial score (nSPS) is 27.5. The number of ether oxygens (including phenoxy) is 2. The van der Waals surface area contributed by atoms with E-state index in [4.69, 9.17) is 26.2 Å². The average Bonchev–Trinajstić information content (AvgIpc) is 3.05. The van der Waals surface area contributed by atoms with Crippen LogP contribution in [0.2, 0.25) is 5.02 Å². The van der Waals surface area contributed by atoms with Gasteiger partial charge in [-0.25, -0.2) is 18.4 Å². The Hall–Kier alpha value is -2.59. The van der Waals surface area contributed by atoms with Gasteiger partial charge in [-0.3, -0.25) is 0 Å². The molecule has 1 fully saturated rings. The van der Waals surface area contributed by atoms with Crippen LogP contribution >= 0.6 is 11.6 Å². The number of methoxy groups -OCH3 is 1. The summed E-state index contributed by atoms with van der Waals surface area (Å²) in [5.41, 5.74) is 4.64. The summed E-state index contributed by atoms with van der Waals surface area (Å²) in [5.74, 6) is 0.684. The molecule has 0 bridgehead atoms. The number of aryl methyl sites for hydroxylation is 1. The minimum atomic E-state index is -3.46. The van der Waals surface area contributed by atoms with Crippen molar-refractivity contribution >= 4 is 33.3 Å². The lowest BCUT2D eigenvalue weighted by atomic mass is 9.65. The summed E-state index contributed by atoms with van der Waals surface area (Å²) in [6, 6.07) is 11.4. The highest BCUT2D eigenvalue weighted by Gasteiger charge is 2.45. The number of rotatable bonds is 9. The topological polar surface area (TPSA) is 119 Å². The number of aromatic carboxylic acids is 1. The first-order valence-corrected chi connectivity index (χ1v) is 16.9. The number of sulfonamides is 1. The van der Waals surface area contributed by atoms with Crippen LogP contribution in [0.25, 0.3) is 0 Å². The number of fused-ring (bicyclic) bond motifs is 3. The smallest absolute Gasteiger partial charge is 0.335 e. The van der Waals surface area contributed by atoms with Crippen molar-refractivity contribution in [1.29, 1.82) is 0 Å². The van der Waals surface area contributed by atoms with Gasteiger partial charge in [0.05, 0.1) is 29.7 Å². The molecule has 1 aliphatic heterocycles. The maximum absolute atomic E-state index is 11.9. The molecule has 5 atom stereocenters. The van der Waals surface area contributed by atoms with E-state index >= 15 is 0 Å². The zero-order valence-corrected chi connectivity index (χ0v) is 25.5. The molecule has 1 spiro atoms. The number of allylic oxidation sites excluding steroid dienone is 1. The van der Waals surface area contributed by atoms with E-state index in [0.717, 1.165) is 68.1 Å². The van der Waals surface area contributed by atoms with Crippen molar-refractivity contribution in [1.82, 2.24) is 0 Å². The molecule has 226 valence electrons. The van der Waals surface area contributed by atoms with E-state index < -0.39 is 16.0 Å². The van der Waals surface area contributed by atoms with Crippen molar-refractivity contribution in [2.75, 3.05) is 37.5 Å². The van der Waals surface area contributed by atoms with Crippen molar-refractivity contribution in [2.24, 2.45) is 22.9 Å². The van der Waals surface area contributed by atoms with Gasteiger partial charge < -0.3 is 19.5 Å². The van der Waals surface area contributed by atoms with Gasteiger partial charge in [0.2, 0.25) is 10.0 Å². The number of hydrogen-bond donors (Lipinski definition) is 2. The molecular formula is C32H39ClN2O6S. The van der Waals surface area contributed by atoms with Crippen molar-refractivity contribution < 1.29 is 27.8 Å². The highest BCUT2D eigenvalue weighted by molar-refractivity contribution is 7.89. The van der Waals surface area contributed by atoms with Gasteiger partial charge in [0.25, 0.3) is 0 Å². The molecule has 1 unspecified atom stereocenters. The van der Waals surface area contributed by atoms with Crippen LogP contribution < -0.4 is 14.8 Å². The maximum atomic E-state index is 11.9. The monoisotopic (exact) mass is 614 g/mol. The number of carbonyl (C=O) groups is 1. The highest BCUT2D eigenvalue weighted by atomic mass is 35.5. The number of hydrogen-bond acceptors (Lipinski definition) is 6. The fourth-order valence-corrected chi connectivity index (χ4v) is 8.46. The molecule has 0 aromatic heterocycles. The van der Waals surface area contributed by atoms with Gasteiger partial charge >= 0.3 is 5.97 Å². The van der Waals surface area contributed by atoms with Crippen LogP contribution in [0.5, 0.6) is 5.75 Å². The first kappa shape index (κ1) is 29.5. The van der Waals surface area contributed by atoms with Crippen LogP contribution in [0.1, 0.15) is 60.0 Å². The first-order chi connectivity index (χ1) is 20.0. The molecular weight excluding hydrogens is 576 g/mol. The van der Waals surface area contributed by atoms with Crippen LogP contribution in [0.15, 0.2) is 48.0 Å². The Bertz CT molecular complexity index is 1510. The molecule has 0 radical (unpaired) electrons. The van der Waals surface area contributed by atoms with E-state index in [1.54, 1.807) is 25.3 Å². The van der Waals surface area contributed by atoms with E-state index in [-0.39, 0.29) is 28.8 Å². The molecule has 42 heavy (non-hydrogen) atoms. The summed E-state index contributed by atoms with van der Waals surface area (Å²) in [6.07, 6.45) is 8.68. The largest absolute Gasteiger partial charge is 0.490 e. The Morgan fingerprint density at radius 1 is 1.26 bits per heavy atom. The highest BCUT2D eigenvalue weighted by Crippen LogP contribution is 2.48. The van der Waals surface area contributed by atoms with Crippen molar-refractivity contribution in [3.8, 4) is 5.75 Å². The summed E-state index contributed by atoms with van der Waals surface area (Å²) >= 11 is 6.38. The number of carboxylic acids is 1. The van der Waals surface area contributed by atoms with E-state index in [9.17, 15) is 18.3 Å². The molecule has 1 heterocycles. The summed E-state index contributed by atoms with van der Waals surface area (Å²) in [7, 11) is -1.71.